The highest BCUT2D eigenvalue weighted by Gasteiger charge is 2.49. The van der Waals surface area contributed by atoms with Crippen LogP contribution in [0.25, 0.3) is 83.1 Å². The summed E-state index contributed by atoms with van der Waals surface area (Å²) in [5, 5.41) is 2.19. The Morgan fingerprint density at radius 3 is 1.53 bits per heavy atom. The van der Waals surface area contributed by atoms with Gasteiger partial charge in [-0.15, -0.1) is 0 Å². The van der Waals surface area contributed by atoms with E-state index < -0.39 is 90.7 Å². The van der Waals surface area contributed by atoms with Crippen molar-refractivity contribution in [1.29, 1.82) is 0 Å². The maximum atomic E-state index is 10.0. The number of para-hydroxylation sites is 1. The van der Waals surface area contributed by atoms with Gasteiger partial charge in [-0.3, -0.25) is 0 Å². The van der Waals surface area contributed by atoms with Gasteiger partial charge in [-0.1, -0.05) is 284 Å². The minimum absolute atomic E-state index is 0.0186. The zero-order chi connectivity index (χ0) is 74.4. The molecule has 434 valence electrons. The van der Waals surface area contributed by atoms with E-state index in [1.165, 1.54) is 11.1 Å². The van der Waals surface area contributed by atoms with Crippen LogP contribution in [-0.4, -0.2) is 11.3 Å². The maximum absolute atomic E-state index is 10.0. The lowest BCUT2D eigenvalue weighted by Gasteiger charge is -2.42. The fraction of sp³-hybridized carbons (Fsp3) is 0.103. The number of anilines is 3. The van der Waals surface area contributed by atoms with Crippen molar-refractivity contribution in [2.45, 2.75) is 57.8 Å². The molecule has 2 aliphatic heterocycles. The SMILES string of the molecule is [2H]c1c([2H])c([2H])c(-c2ccc3c(c2)Oc2cc(-c4cccc5c4C(c4c([2H])c([2H])c([2H])c([2H])c4[2H])(c4c([2H])c([2H])c([2H])c([2H])c4[2H])c4ccccc4-5)cc4c2B3c2ccc(-n3c5ccc(C(C)(C)C)cc5c5cc(C(C)(C)C)ccc53)cc2N4c2c(-c3ccccc3)cccc2-c2ccccc2)c([2H])c1[2H]. The van der Waals surface area contributed by atoms with Gasteiger partial charge in [0.25, 0.3) is 6.71 Å². The van der Waals surface area contributed by atoms with Gasteiger partial charge in [-0.25, -0.2) is 0 Å². The molecule has 4 heteroatoms. The lowest BCUT2D eigenvalue weighted by Crippen LogP contribution is -2.59. The number of benzene rings is 13. The lowest BCUT2D eigenvalue weighted by atomic mass is 9.34. The Bertz CT molecular complexity index is 5890. The average Bonchev–Trinajstić information content (AvgIpc) is 1.44. The van der Waals surface area contributed by atoms with Crippen molar-refractivity contribution in [3.8, 4) is 72.8 Å². The van der Waals surface area contributed by atoms with Crippen molar-refractivity contribution in [1.82, 2.24) is 4.57 Å². The van der Waals surface area contributed by atoms with Gasteiger partial charge >= 0.3 is 0 Å². The second kappa shape index (κ2) is 20.7. The van der Waals surface area contributed by atoms with E-state index in [4.69, 9.17) is 11.6 Å². The third-order valence-electron chi connectivity index (χ3n) is 18.9. The Morgan fingerprint density at radius 1 is 0.396 bits per heavy atom. The highest BCUT2D eigenvalue weighted by molar-refractivity contribution is 6.99. The molecule has 3 nitrogen and oxygen atoms in total. The molecular weight excluding hydrogens is 1100 g/mol. The van der Waals surface area contributed by atoms with Crippen LogP contribution in [-0.2, 0) is 16.2 Å². The fourth-order valence-corrected chi connectivity index (χ4v) is 14.7. The van der Waals surface area contributed by atoms with Gasteiger partial charge in [0.15, 0.2) is 0 Å². The summed E-state index contributed by atoms with van der Waals surface area (Å²) in [6.45, 7) is 12.7. The van der Waals surface area contributed by atoms with Crippen LogP contribution in [0.2, 0.25) is 0 Å². The van der Waals surface area contributed by atoms with Crippen molar-refractivity contribution in [2.24, 2.45) is 0 Å². The molecule has 17 rings (SSSR count). The molecular formula is C87H67BN2O. The predicted molar refractivity (Wildman–Crippen MR) is 383 cm³/mol. The van der Waals surface area contributed by atoms with Crippen LogP contribution in [0.4, 0.5) is 17.1 Å². The smallest absolute Gasteiger partial charge is 0.256 e. The highest BCUT2D eigenvalue weighted by atomic mass is 16.5. The molecule has 0 radical (unpaired) electrons. The first-order chi connectivity index (χ1) is 50.6. The van der Waals surface area contributed by atoms with Gasteiger partial charge in [-0.2, -0.15) is 0 Å². The number of hydrogen-bond donors (Lipinski definition) is 0. The van der Waals surface area contributed by atoms with Crippen LogP contribution in [0, 0.1) is 0 Å². The Morgan fingerprint density at radius 2 is 0.923 bits per heavy atom. The summed E-state index contributed by atoms with van der Waals surface area (Å²) in [4.78, 5) is 2.32. The molecule has 91 heavy (non-hydrogen) atoms. The molecule has 14 aromatic rings. The van der Waals surface area contributed by atoms with Crippen molar-refractivity contribution in [3.63, 3.8) is 0 Å². The summed E-state index contributed by atoms with van der Waals surface area (Å²) in [5.74, 6) is 0.672. The van der Waals surface area contributed by atoms with E-state index in [1.807, 2.05) is 78.9 Å². The minimum atomic E-state index is -2.24. The van der Waals surface area contributed by atoms with Gasteiger partial charge in [0.2, 0.25) is 0 Å². The van der Waals surface area contributed by atoms with E-state index in [1.54, 1.807) is 24.3 Å². The molecule has 1 aromatic heterocycles. The monoisotopic (exact) mass is 1180 g/mol. The molecule has 0 unspecified atom stereocenters. The number of ether oxygens (including phenoxy) is 1. The van der Waals surface area contributed by atoms with E-state index in [2.05, 4.69) is 154 Å². The van der Waals surface area contributed by atoms with Crippen molar-refractivity contribution in [2.75, 3.05) is 4.90 Å². The summed E-state index contributed by atoms with van der Waals surface area (Å²) in [7, 11) is 0. The molecule has 0 saturated carbocycles. The summed E-state index contributed by atoms with van der Waals surface area (Å²) >= 11 is 0. The number of aromatic nitrogens is 1. The minimum Gasteiger partial charge on any atom is -0.458 e. The summed E-state index contributed by atoms with van der Waals surface area (Å²) in [6.07, 6.45) is 0. The molecule has 13 aromatic carbocycles. The zero-order valence-electron chi connectivity index (χ0n) is 66.0. The first kappa shape index (κ1) is 40.8. The molecule has 0 saturated heterocycles. The van der Waals surface area contributed by atoms with Crippen molar-refractivity contribution < 1.29 is 25.3 Å². The summed E-state index contributed by atoms with van der Waals surface area (Å²) in [6, 6.07) is 60.0. The summed E-state index contributed by atoms with van der Waals surface area (Å²) < 4.78 is 150. The molecule has 3 aliphatic rings. The topological polar surface area (TPSA) is 17.4 Å². The second-order valence-electron chi connectivity index (χ2n) is 26.0. The van der Waals surface area contributed by atoms with E-state index in [9.17, 15) is 13.7 Å². The Hall–Kier alpha value is -10.7. The van der Waals surface area contributed by atoms with Crippen LogP contribution >= 0.6 is 0 Å². The molecule has 0 atom stereocenters. The normalized spacial score (nSPS) is 15.8. The average molecular weight is 1180 g/mol. The van der Waals surface area contributed by atoms with E-state index in [0.29, 0.717) is 56.0 Å². The highest BCUT2D eigenvalue weighted by Crippen LogP contribution is 2.60. The van der Waals surface area contributed by atoms with E-state index in [0.717, 1.165) is 72.0 Å². The first-order valence-electron chi connectivity index (χ1n) is 38.4. The van der Waals surface area contributed by atoms with Gasteiger partial charge in [0.1, 0.15) is 11.5 Å². The Kier molecular flexibility index (Phi) is 9.28. The fourth-order valence-electron chi connectivity index (χ4n) is 14.7. The molecule has 0 fully saturated rings. The number of fused-ring (bicyclic) bond motifs is 10. The van der Waals surface area contributed by atoms with Crippen LogP contribution in [0.15, 0.2) is 297 Å². The molecule has 3 heterocycles. The van der Waals surface area contributed by atoms with Gasteiger partial charge in [-0.05, 0) is 160 Å². The molecule has 1 aliphatic carbocycles. The third kappa shape index (κ3) is 8.49. The van der Waals surface area contributed by atoms with Crippen molar-refractivity contribution >= 4 is 62.0 Å². The number of hydrogen-bond acceptors (Lipinski definition) is 2. The Balaban J connectivity index is 1.05. The van der Waals surface area contributed by atoms with Gasteiger partial charge in [0, 0.05) is 39.0 Å². The number of rotatable bonds is 8. The van der Waals surface area contributed by atoms with Crippen LogP contribution in [0.3, 0.4) is 0 Å². The lowest BCUT2D eigenvalue weighted by molar-refractivity contribution is 0.488. The van der Waals surface area contributed by atoms with E-state index >= 15 is 0 Å². The molecule has 0 bridgehead atoms. The summed E-state index contributed by atoms with van der Waals surface area (Å²) in [5.41, 5.74) is 12.9. The van der Waals surface area contributed by atoms with Crippen LogP contribution in [0.1, 0.15) is 95.5 Å². The maximum Gasteiger partial charge on any atom is 0.256 e. The van der Waals surface area contributed by atoms with Crippen LogP contribution in [0.5, 0.6) is 11.5 Å². The van der Waals surface area contributed by atoms with Crippen LogP contribution < -0.4 is 26.0 Å². The first-order valence-corrected chi connectivity index (χ1v) is 30.9. The number of nitrogens with zero attached hydrogens (tertiary/aromatic N) is 2. The molecule has 0 spiro atoms. The third-order valence-corrected chi connectivity index (χ3v) is 18.9. The molecule has 0 N–H and O–H groups in total. The van der Waals surface area contributed by atoms with Crippen molar-refractivity contribution in [3.05, 3.63) is 330 Å². The quantitative estimate of drug-likeness (QED) is 0.141. The van der Waals surface area contributed by atoms with Gasteiger partial charge in [0.05, 0.1) is 42.7 Å². The zero-order valence-corrected chi connectivity index (χ0v) is 51.0. The predicted octanol–water partition coefficient (Wildman–Crippen LogP) is 20.8. The molecule has 0 amide bonds. The van der Waals surface area contributed by atoms with Gasteiger partial charge < -0.3 is 14.2 Å². The standard InChI is InChI=1S/C87H67BN2O/c1-85(2,3)63-43-48-76-71(53-63)72-54-64(86(4,5)6)44-49-77(72)89(76)65-45-47-74-78(55-65)90(84-67(57-28-14-8-15-29-57)38-25-39-68(84)58-30-16-9-17-31-58)79-50-60(52-81-83(79)88(74)75-46-42-59(51-80(75)91-81)56-26-12-7-13-27-56)66-37-24-40-70-69-36-22-23-41-73(69)87(82(66)70,61-32-18-10-19-33-61)62-34-20-11-21-35-62/h7-55H,1-6H3/i7D,10D,11D,12D,13D,18D,19D,20D,21D,26D,27D,32D,33D,34D,35D. The largest absolute Gasteiger partial charge is 0.458 e. The van der Waals surface area contributed by atoms with E-state index in [-0.39, 0.29) is 45.2 Å². The second-order valence-corrected chi connectivity index (χ2v) is 26.0. The Labute approximate surface area is 555 Å².